The van der Waals surface area contributed by atoms with Gasteiger partial charge in [0.25, 0.3) is 0 Å². The normalized spacial score (nSPS) is 41.5. The number of ether oxygens (including phenoxy) is 2. The number of hydrogen-bond acceptors (Lipinski definition) is 6. The van der Waals surface area contributed by atoms with Crippen molar-refractivity contribution in [3.8, 4) is 5.75 Å². The lowest BCUT2D eigenvalue weighted by molar-refractivity contribution is -0.286. The van der Waals surface area contributed by atoms with Gasteiger partial charge in [0.05, 0.1) is 17.6 Å². The largest absolute Gasteiger partial charge is 0.785 e. The first-order valence-electron chi connectivity index (χ1n) is 8.74. The minimum absolute atomic E-state index is 0.0899. The van der Waals surface area contributed by atoms with Gasteiger partial charge in [-0.05, 0) is 42.6 Å². The number of phenolic OH excluding ortho intramolecular Hbond substituents is 1. The highest BCUT2D eigenvalue weighted by atomic mass is 16.6. The first kappa shape index (κ1) is 15.5. The quantitative estimate of drug-likeness (QED) is 0.837. The Morgan fingerprint density at radius 1 is 1.52 bits per heavy atom. The number of Topliss-reactive ketones (excluding diaryl/α,β-unsaturated/α-hetero) is 1. The molecule has 6 heteroatoms. The molecule has 4 fully saturated rings. The fourth-order valence-electron chi connectivity index (χ4n) is 5.66. The number of rotatable bonds is 3. The van der Waals surface area contributed by atoms with Gasteiger partial charge in [-0.25, -0.2) is 0 Å². The number of hydrogen-bond donors (Lipinski definition) is 1. The van der Waals surface area contributed by atoms with Crippen LogP contribution in [0.3, 0.4) is 0 Å². The molecular weight excluding hydrogens is 322 g/mol. The van der Waals surface area contributed by atoms with E-state index >= 15 is 0 Å². The Morgan fingerprint density at radius 3 is 3.12 bits per heavy atom. The first-order valence-corrected chi connectivity index (χ1v) is 8.74. The van der Waals surface area contributed by atoms with E-state index in [9.17, 15) is 15.1 Å². The SMILES string of the molecule is C=CCO[C@@]12CC3O[C@@H](C3=O)[C@@]13CCN([O-])[C@@H]2Cc1ccc(O)cc13. The van der Waals surface area contributed by atoms with Crippen molar-refractivity contribution in [3.05, 3.63) is 47.2 Å². The summed E-state index contributed by atoms with van der Waals surface area (Å²) in [6.07, 6.45) is 1.99. The molecule has 0 radical (unpaired) electrons. The van der Waals surface area contributed by atoms with Gasteiger partial charge in [0.1, 0.15) is 18.0 Å². The zero-order valence-corrected chi connectivity index (χ0v) is 13.8. The van der Waals surface area contributed by atoms with E-state index in [2.05, 4.69) is 6.58 Å². The third kappa shape index (κ3) is 1.66. The molecule has 1 N–H and O–H groups in total. The molecule has 1 saturated carbocycles. The Hall–Kier alpha value is -1.73. The molecule has 1 unspecified atom stereocenters. The lowest BCUT2D eigenvalue weighted by atomic mass is 9.46. The molecule has 0 spiro atoms. The number of aromatic hydroxyl groups is 1. The molecule has 1 aromatic rings. The van der Waals surface area contributed by atoms with Crippen LogP contribution in [0.2, 0.25) is 0 Å². The van der Waals surface area contributed by atoms with Crippen molar-refractivity contribution in [2.45, 2.75) is 48.5 Å². The molecule has 25 heavy (non-hydrogen) atoms. The van der Waals surface area contributed by atoms with E-state index in [1.165, 1.54) is 0 Å². The van der Waals surface area contributed by atoms with E-state index < -0.39 is 23.2 Å². The number of phenols is 1. The van der Waals surface area contributed by atoms with Crippen LogP contribution in [-0.4, -0.2) is 53.0 Å². The maximum Gasteiger partial charge on any atom is 0.191 e. The van der Waals surface area contributed by atoms with E-state index in [0.29, 0.717) is 32.4 Å². The monoisotopic (exact) mass is 342 g/mol. The molecule has 6 rings (SSSR count). The van der Waals surface area contributed by atoms with Crippen LogP contribution in [0.15, 0.2) is 30.9 Å². The molecule has 5 aliphatic rings. The highest BCUT2D eigenvalue weighted by molar-refractivity contribution is 5.96. The number of fused-ring (bicyclic) bond motifs is 1. The summed E-state index contributed by atoms with van der Waals surface area (Å²) in [5.74, 6) is 0.245. The Morgan fingerprint density at radius 2 is 2.36 bits per heavy atom. The molecule has 1 aromatic carbocycles. The summed E-state index contributed by atoms with van der Waals surface area (Å²) in [7, 11) is 0. The van der Waals surface area contributed by atoms with Gasteiger partial charge in [-0.2, -0.15) is 0 Å². The van der Waals surface area contributed by atoms with Crippen molar-refractivity contribution < 1.29 is 19.4 Å². The molecule has 4 bridgehead atoms. The maximum atomic E-state index is 12.7. The molecule has 6 nitrogen and oxygen atoms in total. The predicted molar refractivity (Wildman–Crippen MR) is 89.1 cm³/mol. The number of ketones is 1. The average molecular weight is 342 g/mol. The predicted octanol–water partition coefficient (Wildman–Crippen LogP) is 1.44. The second-order valence-electron chi connectivity index (χ2n) is 7.52. The summed E-state index contributed by atoms with van der Waals surface area (Å²) in [6.45, 7) is 4.38. The minimum atomic E-state index is -0.788. The van der Waals surface area contributed by atoms with Gasteiger partial charge < -0.3 is 24.9 Å². The van der Waals surface area contributed by atoms with Crippen LogP contribution >= 0.6 is 0 Å². The molecule has 0 aromatic heterocycles. The number of nitrogens with zero attached hydrogens (tertiary/aromatic N) is 1. The summed E-state index contributed by atoms with van der Waals surface area (Å²) >= 11 is 0. The lowest BCUT2D eigenvalue weighted by Crippen LogP contribution is -2.84. The minimum Gasteiger partial charge on any atom is -0.785 e. The lowest BCUT2D eigenvalue weighted by Gasteiger charge is -2.72. The van der Waals surface area contributed by atoms with Crippen LogP contribution in [0.4, 0.5) is 0 Å². The van der Waals surface area contributed by atoms with Gasteiger partial charge in [-0.15, -0.1) is 6.58 Å². The zero-order valence-electron chi connectivity index (χ0n) is 13.8. The van der Waals surface area contributed by atoms with Crippen LogP contribution in [-0.2, 0) is 26.1 Å². The van der Waals surface area contributed by atoms with Crippen LogP contribution < -0.4 is 0 Å². The molecule has 132 valence electrons. The number of carbonyl (C=O) groups excluding carboxylic acids is 1. The fraction of sp³-hybridized carbons (Fsp3) is 0.526. The molecular formula is C19H20NO5-. The first-order chi connectivity index (χ1) is 12.0. The number of piperidine rings is 1. The molecule has 3 heterocycles. The molecule has 3 saturated heterocycles. The molecule has 2 aliphatic carbocycles. The van der Waals surface area contributed by atoms with Crippen LogP contribution in [0, 0.1) is 5.21 Å². The highest BCUT2D eigenvalue weighted by Gasteiger charge is 2.75. The van der Waals surface area contributed by atoms with E-state index in [4.69, 9.17) is 9.47 Å². The Labute approximate surface area is 145 Å². The summed E-state index contributed by atoms with van der Waals surface area (Å²) < 4.78 is 12.2. The average Bonchev–Trinajstić information content (AvgIpc) is 2.62. The zero-order chi connectivity index (χ0) is 17.4. The standard InChI is InChI=1S/C19H20NO5/c1-2-7-24-19-10-14-16(22)17(25-14)18(19)5-6-20(23)15(19)8-11-3-4-12(21)9-13(11)18/h2-4,9,14-15,17,21H,1,5-8,10H2/q-1/t14?,15-,17+,18+,19-/m1/s1. The Kier molecular flexibility index (Phi) is 3.05. The molecule has 3 aliphatic heterocycles. The van der Waals surface area contributed by atoms with Crippen molar-refractivity contribution in [2.75, 3.05) is 13.2 Å². The van der Waals surface area contributed by atoms with Crippen LogP contribution in [0.5, 0.6) is 5.75 Å². The van der Waals surface area contributed by atoms with Gasteiger partial charge >= 0.3 is 0 Å². The van der Waals surface area contributed by atoms with Crippen LogP contribution in [0.25, 0.3) is 0 Å². The smallest absolute Gasteiger partial charge is 0.191 e. The van der Waals surface area contributed by atoms with E-state index in [0.717, 1.165) is 16.2 Å². The van der Waals surface area contributed by atoms with Crippen molar-refractivity contribution in [2.24, 2.45) is 0 Å². The fourth-order valence-corrected chi connectivity index (χ4v) is 5.66. The van der Waals surface area contributed by atoms with E-state index in [-0.39, 0.29) is 17.6 Å². The summed E-state index contributed by atoms with van der Waals surface area (Å²) in [6, 6.07) is 4.85. The number of carbonyl (C=O) groups is 1. The van der Waals surface area contributed by atoms with Crippen molar-refractivity contribution in [1.82, 2.24) is 5.06 Å². The van der Waals surface area contributed by atoms with Crippen molar-refractivity contribution in [3.63, 3.8) is 0 Å². The topological polar surface area (TPSA) is 82.1 Å². The van der Waals surface area contributed by atoms with Gasteiger partial charge in [0.15, 0.2) is 5.78 Å². The van der Waals surface area contributed by atoms with Crippen LogP contribution in [0.1, 0.15) is 24.0 Å². The van der Waals surface area contributed by atoms with Crippen molar-refractivity contribution in [1.29, 1.82) is 0 Å². The number of benzene rings is 1. The number of hydroxylamine groups is 2. The summed E-state index contributed by atoms with van der Waals surface area (Å²) in [4.78, 5) is 12.6. The Balaban J connectivity index is 1.78. The second-order valence-corrected chi connectivity index (χ2v) is 7.52. The molecule has 0 amide bonds. The van der Waals surface area contributed by atoms with E-state index in [1.807, 2.05) is 6.07 Å². The third-order valence-electron chi connectivity index (χ3n) is 6.63. The highest BCUT2D eigenvalue weighted by Crippen LogP contribution is 2.63. The van der Waals surface area contributed by atoms with Gasteiger partial charge in [-0.3, -0.25) is 4.79 Å². The van der Waals surface area contributed by atoms with E-state index in [1.54, 1.807) is 18.2 Å². The third-order valence-corrected chi connectivity index (χ3v) is 6.63. The molecule has 5 atom stereocenters. The Bertz CT molecular complexity index is 779. The van der Waals surface area contributed by atoms with Gasteiger partial charge in [0.2, 0.25) is 0 Å². The van der Waals surface area contributed by atoms with Crippen molar-refractivity contribution >= 4 is 5.78 Å². The summed E-state index contributed by atoms with van der Waals surface area (Å²) in [5.41, 5.74) is 0.379. The summed E-state index contributed by atoms with van der Waals surface area (Å²) in [5, 5.41) is 24.0. The maximum absolute atomic E-state index is 12.7. The second kappa shape index (κ2) is 4.92. The van der Waals surface area contributed by atoms with Gasteiger partial charge in [-0.1, -0.05) is 12.1 Å². The van der Waals surface area contributed by atoms with Gasteiger partial charge in [0, 0.05) is 12.5 Å².